The SMILES string of the molecule is CC1CCC=C2CCC=CC21. The van der Waals surface area contributed by atoms with Gasteiger partial charge in [-0.1, -0.05) is 30.7 Å². The molecule has 2 atom stereocenters. The van der Waals surface area contributed by atoms with Crippen molar-refractivity contribution >= 4 is 0 Å². The first kappa shape index (κ1) is 7.15. The second kappa shape index (κ2) is 2.84. The topological polar surface area (TPSA) is 0 Å². The molecule has 60 valence electrons. The molecule has 0 heterocycles. The summed E-state index contributed by atoms with van der Waals surface area (Å²) in [5.74, 6) is 1.70. The lowest BCUT2D eigenvalue weighted by Crippen LogP contribution is -2.17. The van der Waals surface area contributed by atoms with E-state index in [4.69, 9.17) is 0 Å². The van der Waals surface area contributed by atoms with Crippen molar-refractivity contribution in [3.8, 4) is 0 Å². The molecule has 0 fully saturated rings. The highest BCUT2D eigenvalue weighted by atomic mass is 14.3. The highest BCUT2D eigenvalue weighted by Crippen LogP contribution is 2.36. The van der Waals surface area contributed by atoms with Crippen molar-refractivity contribution in [2.24, 2.45) is 11.8 Å². The van der Waals surface area contributed by atoms with Gasteiger partial charge in [-0.2, -0.15) is 0 Å². The second-order valence-corrected chi connectivity index (χ2v) is 3.83. The Kier molecular flexibility index (Phi) is 1.85. The molecule has 0 N–H and O–H groups in total. The minimum atomic E-state index is 0.803. The molecule has 0 saturated carbocycles. The fraction of sp³-hybridized carbons (Fsp3) is 0.636. The molecule has 0 nitrogen and oxygen atoms in total. The van der Waals surface area contributed by atoms with Gasteiger partial charge in [0.05, 0.1) is 0 Å². The average molecular weight is 148 g/mol. The zero-order valence-corrected chi connectivity index (χ0v) is 7.22. The maximum Gasteiger partial charge on any atom is 0.000259 e. The molecular weight excluding hydrogens is 132 g/mol. The van der Waals surface area contributed by atoms with Gasteiger partial charge in [0, 0.05) is 5.92 Å². The molecule has 0 radical (unpaired) electrons. The van der Waals surface area contributed by atoms with Gasteiger partial charge in [0.1, 0.15) is 0 Å². The van der Waals surface area contributed by atoms with Gasteiger partial charge in [0.2, 0.25) is 0 Å². The predicted molar refractivity (Wildman–Crippen MR) is 48.3 cm³/mol. The summed E-state index contributed by atoms with van der Waals surface area (Å²) in [4.78, 5) is 0. The summed E-state index contributed by atoms with van der Waals surface area (Å²) < 4.78 is 0. The average Bonchev–Trinajstić information content (AvgIpc) is 2.06. The lowest BCUT2D eigenvalue weighted by atomic mass is 9.75. The summed E-state index contributed by atoms with van der Waals surface area (Å²) in [6.07, 6.45) is 12.5. The Morgan fingerprint density at radius 3 is 3.09 bits per heavy atom. The molecule has 2 unspecified atom stereocenters. The van der Waals surface area contributed by atoms with Crippen LogP contribution in [-0.2, 0) is 0 Å². The molecule has 0 bridgehead atoms. The van der Waals surface area contributed by atoms with E-state index in [1.54, 1.807) is 5.57 Å². The van der Waals surface area contributed by atoms with E-state index in [0.717, 1.165) is 11.8 Å². The summed E-state index contributed by atoms with van der Waals surface area (Å²) in [6.45, 7) is 2.38. The van der Waals surface area contributed by atoms with E-state index in [0.29, 0.717) is 0 Å². The largest absolute Gasteiger partial charge is 0.0876 e. The summed E-state index contributed by atoms with van der Waals surface area (Å²) in [7, 11) is 0. The summed E-state index contributed by atoms with van der Waals surface area (Å²) in [5.41, 5.74) is 1.71. The van der Waals surface area contributed by atoms with Crippen molar-refractivity contribution < 1.29 is 0 Å². The Balaban J connectivity index is 2.23. The fourth-order valence-electron chi connectivity index (χ4n) is 2.29. The van der Waals surface area contributed by atoms with Crippen LogP contribution in [0.3, 0.4) is 0 Å². The number of fused-ring (bicyclic) bond motifs is 1. The normalized spacial score (nSPS) is 36.3. The zero-order chi connectivity index (χ0) is 7.68. The predicted octanol–water partition coefficient (Wildman–Crippen LogP) is 3.31. The first-order valence-corrected chi connectivity index (χ1v) is 4.73. The highest BCUT2D eigenvalue weighted by molar-refractivity contribution is 5.21. The second-order valence-electron chi connectivity index (χ2n) is 3.83. The minimum absolute atomic E-state index is 0.803. The van der Waals surface area contributed by atoms with Crippen molar-refractivity contribution in [3.05, 3.63) is 23.8 Å². The quantitative estimate of drug-likeness (QED) is 0.462. The van der Waals surface area contributed by atoms with Gasteiger partial charge in [0.25, 0.3) is 0 Å². The Bertz CT molecular complexity index is 198. The van der Waals surface area contributed by atoms with Gasteiger partial charge in [-0.3, -0.25) is 0 Å². The van der Waals surface area contributed by atoms with Crippen molar-refractivity contribution in [2.45, 2.75) is 32.6 Å². The van der Waals surface area contributed by atoms with E-state index in [-0.39, 0.29) is 0 Å². The number of hydrogen-bond acceptors (Lipinski definition) is 0. The summed E-state index contributed by atoms with van der Waals surface area (Å²) >= 11 is 0. The van der Waals surface area contributed by atoms with Crippen LogP contribution in [0.1, 0.15) is 32.6 Å². The van der Waals surface area contributed by atoms with E-state index >= 15 is 0 Å². The van der Waals surface area contributed by atoms with Crippen LogP contribution in [0.15, 0.2) is 23.8 Å². The van der Waals surface area contributed by atoms with E-state index in [2.05, 4.69) is 25.2 Å². The molecule has 0 aromatic carbocycles. The van der Waals surface area contributed by atoms with E-state index in [1.807, 2.05) is 0 Å². The van der Waals surface area contributed by atoms with Crippen LogP contribution in [0.25, 0.3) is 0 Å². The molecule has 2 rings (SSSR count). The maximum atomic E-state index is 2.47. The Labute approximate surface area is 69.0 Å². The van der Waals surface area contributed by atoms with Crippen LogP contribution in [0.5, 0.6) is 0 Å². The van der Waals surface area contributed by atoms with Crippen molar-refractivity contribution in [2.75, 3.05) is 0 Å². The fourth-order valence-corrected chi connectivity index (χ4v) is 2.29. The lowest BCUT2D eigenvalue weighted by Gasteiger charge is -2.30. The molecule has 0 aromatic rings. The lowest BCUT2D eigenvalue weighted by molar-refractivity contribution is 0.409. The van der Waals surface area contributed by atoms with Gasteiger partial charge < -0.3 is 0 Å². The maximum absolute atomic E-state index is 2.47. The molecule has 2 aliphatic carbocycles. The van der Waals surface area contributed by atoms with Gasteiger partial charge in [-0.05, 0) is 31.6 Å². The molecule has 0 amide bonds. The molecule has 0 saturated heterocycles. The molecule has 11 heavy (non-hydrogen) atoms. The molecule has 0 spiro atoms. The summed E-state index contributed by atoms with van der Waals surface area (Å²) in [5, 5.41) is 0. The van der Waals surface area contributed by atoms with E-state index < -0.39 is 0 Å². The number of hydrogen-bond donors (Lipinski definition) is 0. The van der Waals surface area contributed by atoms with Gasteiger partial charge in [0.15, 0.2) is 0 Å². The first-order chi connectivity index (χ1) is 5.38. The minimum Gasteiger partial charge on any atom is -0.0876 e. The van der Waals surface area contributed by atoms with Crippen LogP contribution >= 0.6 is 0 Å². The van der Waals surface area contributed by atoms with Crippen LogP contribution in [0.4, 0.5) is 0 Å². The first-order valence-electron chi connectivity index (χ1n) is 4.73. The van der Waals surface area contributed by atoms with Gasteiger partial charge in [-0.25, -0.2) is 0 Å². The number of allylic oxidation sites excluding steroid dienone is 4. The van der Waals surface area contributed by atoms with Gasteiger partial charge >= 0.3 is 0 Å². The van der Waals surface area contributed by atoms with Crippen LogP contribution in [0.2, 0.25) is 0 Å². The zero-order valence-electron chi connectivity index (χ0n) is 7.22. The van der Waals surface area contributed by atoms with E-state index in [1.165, 1.54) is 25.7 Å². The summed E-state index contributed by atoms with van der Waals surface area (Å²) in [6, 6.07) is 0. The third-order valence-electron chi connectivity index (χ3n) is 3.01. The third-order valence-corrected chi connectivity index (χ3v) is 3.01. The molecule has 0 aromatic heterocycles. The van der Waals surface area contributed by atoms with Crippen LogP contribution < -0.4 is 0 Å². The Morgan fingerprint density at radius 2 is 2.27 bits per heavy atom. The van der Waals surface area contributed by atoms with Crippen molar-refractivity contribution in [1.82, 2.24) is 0 Å². The van der Waals surface area contributed by atoms with Crippen molar-refractivity contribution in [1.29, 1.82) is 0 Å². The van der Waals surface area contributed by atoms with Crippen molar-refractivity contribution in [3.63, 3.8) is 0 Å². The third kappa shape index (κ3) is 1.26. The van der Waals surface area contributed by atoms with E-state index in [9.17, 15) is 0 Å². The number of rotatable bonds is 0. The standard InChI is InChI=1S/C11H16/c1-9-5-4-7-10-6-2-3-8-11(9)10/h3,7-9,11H,2,4-6H2,1H3. The monoisotopic (exact) mass is 148 g/mol. The Morgan fingerprint density at radius 1 is 1.36 bits per heavy atom. The molecule has 0 heteroatoms. The molecular formula is C11H16. The van der Waals surface area contributed by atoms with Gasteiger partial charge in [-0.15, -0.1) is 0 Å². The van der Waals surface area contributed by atoms with Crippen LogP contribution in [0, 0.1) is 11.8 Å². The van der Waals surface area contributed by atoms with Crippen LogP contribution in [-0.4, -0.2) is 0 Å². The molecule has 0 aliphatic heterocycles. The highest BCUT2D eigenvalue weighted by Gasteiger charge is 2.23. The molecule has 2 aliphatic rings. The Hall–Kier alpha value is -0.520. The smallest absolute Gasteiger partial charge is 0.000259 e.